The molecule has 1 aromatic heterocycles. The van der Waals surface area contributed by atoms with Crippen LogP contribution in [0.2, 0.25) is 0 Å². The molecule has 0 unspecified atom stereocenters. The SMILES string of the molecule is CCCCCCNC(=O)/C=C/c1cccc(OCc2csc(C)n2)c1. The van der Waals surface area contributed by atoms with E-state index in [9.17, 15) is 4.79 Å². The average Bonchev–Trinajstić information content (AvgIpc) is 3.04. The third-order valence-corrected chi connectivity index (χ3v) is 4.49. The van der Waals surface area contributed by atoms with E-state index in [1.807, 2.05) is 36.6 Å². The number of aromatic nitrogens is 1. The summed E-state index contributed by atoms with van der Waals surface area (Å²) in [6, 6.07) is 7.70. The van der Waals surface area contributed by atoms with Gasteiger partial charge in [0.15, 0.2) is 0 Å². The van der Waals surface area contributed by atoms with E-state index in [0.717, 1.165) is 35.0 Å². The van der Waals surface area contributed by atoms with Gasteiger partial charge < -0.3 is 10.1 Å². The zero-order chi connectivity index (χ0) is 17.9. The number of ether oxygens (including phenoxy) is 1. The molecule has 0 fully saturated rings. The lowest BCUT2D eigenvalue weighted by Crippen LogP contribution is -2.21. The summed E-state index contributed by atoms with van der Waals surface area (Å²) in [6.07, 6.45) is 8.00. The number of hydrogen-bond donors (Lipinski definition) is 1. The number of carbonyl (C=O) groups is 1. The molecular formula is C20H26N2O2S. The first-order valence-electron chi connectivity index (χ1n) is 8.77. The monoisotopic (exact) mass is 358 g/mol. The Morgan fingerprint density at radius 2 is 2.20 bits per heavy atom. The number of unbranched alkanes of at least 4 members (excludes halogenated alkanes) is 3. The van der Waals surface area contributed by atoms with E-state index < -0.39 is 0 Å². The molecule has 5 heteroatoms. The summed E-state index contributed by atoms with van der Waals surface area (Å²) in [5.41, 5.74) is 1.87. The standard InChI is InChI=1S/C20H26N2O2S/c1-3-4-5-6-12-21-20(23)11-10-17-8-7-9-19(13-17)24-14-18-15-25-16(2)22-18/h7-11,13,15H,3-6,12,14H2,1-2H3,(H,21,23)/b11-10+. The fourth-order valence-electron chi connectivity index (χ4n) is 2.33. The van der Waals surface area contributed by atoms with Crippen molar-refractivity contribution in [2.75, 3.05) is 6.54 Å². The van der Waals surface area contributed by atoms with Gasteiger partial charge >= 0.3 is 0 Å². The molecule has 1 amide bonds. The van der Waals surface area contributed by atoms with Crippen LogP contribution in [0.1, 0.15) is 48.9 Å². The molecule has 4 nitrogen and oxygen atoms in total. The van der Waals surface area contributed by atoms with E-state index in [-0.39, 0.29) is 5.91 Å². The van der Waals surface area contributed by atoms with Crippen molar-refractivity contribution in [3.8, 4) is 5.75 Å². The van der Waals surface area contributed by atoms with Gasteiger partial charge in [-0.05, 0) is 37.1 Å². The van der Waals surface area contributed by atoms with Crippen LogP contribution in [0.4, 0.5) is 0 Å². The minimum atomic E-state index is -0.0548. The first kappa shape index (κ1) is 19.2. The van der Waals surface area contributed by atoms with Crippen molar-refractivity contribution in [1.82, 2.24) is 10.3 Å². The highest BCUT2D eigenvalue weighted by molar-refractivity contribution is 7.09. The Morgan fingerprint density at radius 1 is 1.32 bits per heavy atom. The number of amides is 1. The number of thiazole rings is 1. The molecule has 2 rings (SSSR count). The van der Waals surface area contributed by atoms with E-state index in [2.05, 4.69) is 17.2 Å². The fourth-order valence-corrected chi connectivity index (χ4v) is 2.93. The minimum absolute atomic E-state index is 0.0548. The molecule has 2 aromatic rings. The van der Waals surface area contributed by atoms with Crippen molar-refractivity contribution in [1.29, 1.82) is 0 Å². The smallest absolute Gasteiger partial charge is 0.243 e. The second kappa shape index (κ2) is 10.7. The third-order valence-electron chi connectivity index (χ3n) is 3.67. The maximum atomic E-state index is 11.8. The van der Waals surface area contributed by atoms with Crippen molar-refractivity contribution in [3.63, 3.8) is 0 Å². The highest BCUT2D eigenvalue weighted by atomic mass is 32.1. The van der Waals surface area contributed by atoms with E-state index in [0.29, 0.717) is 6.61 Å². The van der Waals surface area contributed by atoms with Crippen molar-refractivity contribution >= 4 is 23.3 Å². The molecule has 1 N–H and O–H groups in total. The van der Waals surface area contributed by atoms with E-state index in [4.69, 9.17) is 4.74 Å². The number of rotatable bonds is 10. The molecular weight excluding hydrogens is 332 g/mol. The lowest BCUT2D eigenvalue weighted by molar-refractivity contribution is -0.116. The van der Waals surface area contributed by atoms with Crippen molar-refractivity contribution in [3.05, 3.63) is 52.0 Å². The molecule has 0 spiro atoms. The van der Waals surface area contributed by atoms with Crippen LogP contribution in [0.25, 0.3) is 6.08 Å². The maximum Gasteiger partial charge on any atom is 0.243 e. The van der Waals surface area contributed by atoms with Gasteiger partial charge in [-0.2, -0.15) is 0 Å². The van der Waals surface area contributed by atoms with Crippen LogP contribution in [0.15, 0.2) is 35.7 Å². The molecule has 0 aliphatic carbocycles. The summed E-state index contributed by atoms with van der Waals surface area (Å²) in [5, 5.41) is 5.95. The van der Waals surface area contributed by atoms with Gasteiger partial charge in [0.05, 0.1) is 10.7 Å². The van der Waals surface area contributed by atoms with Crippen LogP contribution >= 0.6 is 11.3 Å². The van der Waals surface area contributed by atoms with Gasteiger partial charge in [0.2, 0.25) is 5.91 Å². The molecule has 0 atom stereocenters. The fraction of sp³-hybridized carbons (Fsp3) is 0.400. The summed E-state index contributed by atoms with van der Waals surface area (Å²) < 4.78 is 5.76. The first-order chi connectivity index (χ1) is 12.2. The van der Waals surface area contributed by atoms with Gasteiger partial charge in [-0.25, -0.2) is 4.98 Å². The zero-order valence-electron chi connectivity index (χ0n) is 15.0. The number of nitrogens with one attached hydrogen (secondary N) is 1. The van der Waals surface area contributed by atoms with Crippen molar-refractivity contribution in [2.24, 2.45) is 0 Å². The first-order valence-corrected chi connectivity index (χ1v) is 9.65. The number of hydrogen-bond acceptors (Lipinski definition) is 4. The zero-order valence-corrected chi connectivity index (χ0v) is 15.8. The second-order valence-corrected chi connectivity index (χ2v) is 6.97. The maximum absolute atomic E-state index is 11.8. The van der Waals surface area contributed by atoms with Crippen molar-refractivity contribution in [2.45, 2.75) is 46.1 Å². The second-order valence-electron chi connectivity index (χ2n) is 5.90. The third kappa shape index (κ3) is 7.52. The number of carbonyl (C=O) groups excluding carboxylic acids is 1. The summed E-state index contributed by atoms with van der Waals surface area (Å²) in [7, 11) is 0. The Kier molecular flexibility index (Phi) is 8.19. The summed E-state index contributed by atoms with van der Waals surface area (Å²) in [6.45, 7) is 5.35. The number of nitrogens with zero attached hydrogens (tertiary/aromatic N) is 1. The van der Waals surface area contributed by atoms with Gasteiger partial charge in [-0.1, -0.05) is 38.3 Å². The van der Waals surface area contributed by atoms with Crippen LogP contribution in [-0.4, -0.2) is 17.4 Å². The van der Waals surface area contributed by atoms with Gasteiger partial charge in [-0.15, -0.1) is 11.3 Å². The van der Waals surface area contributed by atoms with Crippen LogP contribution in [0.3, 0.4) is 0 Å². The lowest BCUT2D eigenvalue weighted by Gasteiger charge is -2.05. The molecule has 0 aliphatic heterocycles. The van der Waals surface area contributed by atoms with E-state index >= 15 is 0 Å². The van der Waals surface area contributed by atoms with E-state index in [1.165, 1.54) is 19.3 Å². The molecule has 25 heavy (non-hydrogen) atoms. The normalized spacial score (nSPS) is 11.0. The van der Waals surface area contributed by atoms with Crippen LogP contribution in [0, 0.1) is 6.92 Å². The minimum Gasteiger partial charge on any atom is -0.487 e. The molecule has 0 radical (unpaired) electrons. The molecule has 0 aliphatic rings. The number of benzene rings is 1. The van der Waals surface area contributed by atoms with Gasteiger partial charge in [0.1, 0.15) is 12.4 Å². The topological polar surface area (TPSA) is 51.2 Å². The predicted octanol–water partition coefficient (Wildman–Crippen LogP) is 4.74. The Balaban J connectivity index is 1.78. The van der Waals surface area contributed by atoms with Crippen LogP contribution in [-0.2, 0) is 11.4 Å². The van der Waals surface area contributed by atoms with Gasteiger partial charge in [-0.3, -0.25) is 4.79 Å². The van der Waals surface area contributed by atoms with Crippen LogP contribution in [0.5, 0.6) is 5.75 Å². The highest BCUT2D eigenvalue weighted by Gasteiger charge is 2.01. The largest absolute Gasteiger partial charge is 0.487 e. The van der Waals surface area contributed by atoms with E-state index in [1.54, 1.807) is 23.5 Å². The highest BCUT2D eigenvalue weighted by Crippen LogP contribution is 2.17. The average molecular weight is 359 g/mol. The van der Waals surface area contributed by atoms with Gasteiger partial charge in [0.25, 0.3) is 0 Å². The Hall–Kier alpha value is -2.14. The van der Waals surface area contributed by atoms with Crippen LogP contribution < -0.4 is 10.1 Å². The number of aryl methyl sites for hydroxylation is 1. The van der Waals surface area contributed by atoms with Crippen molar-refractivity contribution < 1.29 is 9.53 Å². The lowest BCUT2D eigenvalue weighted by atomic mass is 10.2. The molecule has 0 saturated carbocycles. The Bertz CT molecular complexity index is 695. The summed E-state index contributed by atoms with van der Waals surface area (Å²) in [5.74, 6) is 0.716. The summed E-state index contributed by atoms with van der Waals surface area (Å²) >= 11 is 1.62. The summed E-state index contributed by atoms with van der Waals surface area (Å²) in [4.78, 5) is 16.2. The molecule has 1 heterocycles. The Labute approximate surface area is 153 Å². The molecule has 134 valence electrons. The molecule has 0 saturated heterocycles. The Morgan fingerprint density at radius 3 is 2.96 bits per heavy atom. The van der Waals surface area contributed by atoms with Gasteiger partial charge in [0, 0.05) is 18.0 Å². The predicted molar refractivity (Wildman–Crippen MR) is 104 cm³/mol. The quantitative estimate of drug-likeness (QED) is 0.493. The molecule has 1 aromatic carbocycles. The molecule has 0 bridgehead atoms.